The summed E-state index contributed by atoms with van der Waals surface area (Å²) in [6.45, 7) is 0.669. The fourth-order valence-electron chi connectivity index (χ4n) is 1.27. The van der Waals surface area contributed by atoms with E-state index in [2.05, 4.69) is 32.4 Å². The lowest BCUT2D eigenvalue weighted by molar-refractivity contribution is 0.652. The predicted molar refractivity (Wildman–Crippen MR) is 64.2 cm³/mol. The van der Waals surface area contributed by atoms with E-state index in [4.69, 9.17) is 0 Å². The van der Waals surface area contributed by atoms with Crippen LogP contribution >= 0.6 is 27.3 Å². The van der Waals surface area contributed by atoms with Crippen LogP contribution in [0.2, 0.25) is 0 Å². The molecule has 0 fully saturated rings. The Bertz CT molecular complexity index is 492. The number of rotatable bonds is 3. The van der Waals surface area contributed by atoms with Gasteiger partial charge in [-0.3, -0.25) is 9.36 Å². The molecule has 0 unspecified atom stereocenters. The van der Waals surface area contributed by atoms with E-state index in [9.17, 15) is 4.79 Å². The van der Waals surface area contributed by atoms with Gasteiger partial charge in [0.05, 0.1) is 6.33 Å². The predicted octanol–water partition coefficient (Wildman–Crippen LogP) is 2.31. The second-order valence-electron chi connectivity index (χ2n) is 3.12. The largest absolute Gasteiger partial charge is 0.298 e. The molecule has 0 atom stereocenters. The van der Waals surface area contributed by atoms with E-state index in [0.717, 1.165) is 6.42 Å². The zero-order chi connectivity index (χ0) is 10.7. The zero-order valence-electron chi connectivity index (χ0n) is 7.89. The van der Waals surface area contributed by atoms with Crippen molar-refractivity contribution in [2.75, 3.05) is 0 Å². The second-order valence-corrected chi connectivity index (χ2v) is 4.76. The average molecular weight is 285 g/mol. The Kier molecular flexibility index (Phi) is 3.33. The van der Waals surface area contributed by atoms with Gasteiger partial charge < -0.3 is 0 Å². The van der Waals surface area contributed by atoms with Crippen LogP contribution in [0.1, 0.15) is 5.56 Å². The second kappa shape index (κ2) is 4.72. The lowest BCUT2D eigenvalue weighted by Gasteiger charge is -2.03. The van der Waals surface area contributed by atoms with Crippen molar-refractivity contribution in [3.63, 3.8) is 0 Å². The highest BCUT2D eigenvalue weighted by Crippen LogP contribution is 2.07. The molecule has 2 aromatic rings. The van der Waals surface area contributed by atoms with Gasteiger partial charge in [0.1, 0.15) is 4.47 Å². The summed E-state index contributed by atoms with van der Waals surface area (Å²) >= 11 is 4.84. The number of nitrogens with zero attached hydrogens (tertiary/aromatic N) is 2. The maximum atomic E-state index is 11.6. The average Bonchev–Trinajstić information content (AvgIpc) is 2.73. The van der Waals surface area contributed by atoms with Crippen molar-refractivity contribution >= 4 is 27.3 Å². The minimum atomic E-state index is -0.0276. The zero-order valence-corrected chi connectivity index (χ0v) is 10.3. The van der Waals surface area contributed by atoms with Gasteiger partial charge in [0.2, 0.25) is 0 Å². The summed E-state index contributed by atoms with van der Waals surface area (Å²) in [4.78, 5) is 15.6. The van der Waals surface area contributed by atoms with Crippen molar-refractivity contribution in [1.29, 1.82) is 0 Å². The van der Waals surface area contributed by atoms with Crippen LogP contribution < -0.4 is 5.56 Å². The molecule has 0 aliphatic carbocycles. The van der Waals surface area contributed by atoms with E-state index >= 15 is 0 Å². The van der Waals surface area contributed by atoms with E-state index in [1.165, 1.54) is 11.8 Å². The summed E-state index contributed by atoms with van der Waals surface area (Å²) in [7, 11) is 0. The summed E-state index contributed by atoms with van der Waals surface area (Å²) in [5.74, 6) is 0. The molecule has 0 N–H and O–H groups in total. The van der Waals surface area contributed by atoms with Gasteiger partial charge in [-0.05, 0) is 44.7 Å². The summed E-state index contributed by atoms with van der Waals surface area (Å²) in [5, 5.41) is 4.13. The van der Waals surface area contributed by atoms with Gasteiger partial charge in [0.15, 0.2) is 0 Å². The van der Waals surface area contributed by atoms with Crippen molar-refractivity contribution in [1.82, 2.24) is 9.55 Å². The van der Waals surface area contributed by atoms with Crippen molar-refractivity contribution in [3.05, 3.63) is 49.7 Å². The third kappa shape index (κ3) is 2.54. The van der Waals surface area contributed by atoms with E-state index in [1.54, 1.807) is 22.2 Å². The van der Waals surface area contributed by atoms with E-state index in [1.807, 2.05) is 5.38 Å². The molecule has 78 valence electrons. The molecule has 0 saturated carbocycles. The molecule has 15 heavy (non-hydrogen) atoms. The molecule has 0 radical (unpaired) electrons. The molecule has 2 heterocycles. The van der Waals surface area contributed by atoms with E-state index < -0.39 is 0 Å². The van der Waals surface area contributed by atoms with Crippen LogP contribution in [0.4, 0.5) is 0 Å². The number of hydrogen-bond acceptors (Lipinski definition) is 3. The van der Waals surface area contributed by atoms with Crippen molar-refractivity contribution in [2.24, 2.45) is 0 Å². The molecular formula is C10H9BrN2OS. The molecule has 2 rings (SSSR count). The first-order chi connectivity index (χ1) is 7.27. The molecule has 0 aliphatic rings. The Balaban J connectivity index is 2.12. The number of hydrogen-bond donors (Lipinski definition) is 0. The lowest BCUT2D eigenvalue weighted by atomic mass is 10.2. The van der Waals surface area contributed by atoms with Crippen LogP contribution in [-0.2, 0) is 13.0 Å². The molecule has 2 aromatic heterocycles. The van der Waals surface area contributed by atoms with Crippen LogP contribution in [-0.4, -0.2) is 9.55 Å². The number of aryl methyl sites for hydroxylation is 2. The fourth-order valence-corrected chi connectivity index (χ4v) is 2.32. The van der Waals surface area contributed by atoms with Crippen LogP contribution in [0.15, 0.2) is 38.6 Å². The third-order valence-corrected chi connectivity index (χ3v) is 3.36. The first kappa shape index (κ1) is 10.6. The smallest absolute Gasteiger partial charge is 0.267 e. The van der Waals surface area contributed by atoms with Crippen LogP contribution in [0.5, 0.6) is 0 Å². The molecule has 0 aliphatic heterocycles. The maximum Gasteiger partial charge on any atom is 0.267 e. The molecule has 0 spiro atoms. The monoisotopic (exact) mass is 284 g/mol. The topological polar surface area (TPSA) is 34.9 Å². The molecule has 0 amide bonds. The van der Waals surface area contributed by atoms with Crippen LogP contribution in [0, 0.1) is 0 Å². The van der Waals surface area contributed by atoms with Crippen molar-refractivity contribution < 1.29 is 0 Å². The van der Waals surface area contributed by atoms with Gasteiger partial charge >= 0.3 is 0 Å². The number of thiophene rings is 1. The minimum absolute atomic E-state index is 0.0276. The Hall–Kier alpha value is -0.940. The minimum Gasteiger partial charge on any atom is -0.298 e. The third-order valence-electron chi connectivity index (χ3n) is 2.08. The molecule has 0 saturated heterocycles. The van der Waals surface area contributed by atoms with Gasteiger partial charge in [-0.25, -0.2) is 4.98 Å². The SMILES string of the molecule is O=c1c(Br)cncn1CCc1ccsc1. The molecule has 0 aromatic carbocycles. The quantitative estimate of drug-likeness (QED) is 0.867. The van der Waals surface area contributed by atoms with Gasteiger partial charge in [-0.1, -0.05) is 0 Å². The Morgan fingerprint density at radius 3 is 3.13 bits per heavy atom. The van der Waals surface area contributed by atoms with E-state index in [-0.39, 0.29) is 5.56 Å². The standard InChI is InChI=1S/C10H9BrN2OS/c11-9-5-12-7-13(10(9)14)3-1-8-2-4-15-6-8/h2,4-7H,1,3H2. The van der Waals surface area contributed by atoms with E-state index in [0.29, 0.717) is 11.0 Å². The van der Waals surface area contributed by atoms with Crippen LogP contribution in [0.3, 0.4) is 0 Å². The molecule has 3 nitrogen and oxygen atoms in total. The van der Waals surface area contributed by atoms with Crippen molar-refractivity contribution in [3.8, 4) is 0 Å². The molecule has 5 heteroatoms. The number of halogens is 1. The van der Waals surface area contributed by atoms with Crippen LogP contribution in [0.25, 0.3) is 0 Å². The Labute approximate surface area is 99.5 Å². The summed E-state index contributed by atoms with van der Waals surface area (Å²) < 4.78 is 2.12. The highest BCUT2D eigenvalue weighted by molar-refractivity contribution is 9.10. The van der Waals surface area contributed by atoms with Gasteiger partial charge in [-0.15, -0.1) is 0 Å². The lowest BCUT2D eigenvalue weighted by Crippen LogP contribution is -2.21. The molecular weight excluding hydrogens is 276 g/mol. The Morgan fingerprint density at radius 1 is 1.53 bits per heavy atom. The summed E-state index contributed by atoms with van der Waals surface area (Å²) in [5.41, 5.74) is 1.23. The summed E-state index contributed by atoms with van der Waals surface area (Å²) in [6, 6.07) is 2.07. The maximum absolute atomic E-state index is 11.6. The first-order valence-electron chi connectivity index (χ1n) is 4.48. The molecule has 0 bridgehead atoms. The summed E-state index contributed by atoms with van der Waals surface area (Å²) in [6.07, 6.45) is 3.95. The normalized spacial score (nSPS) is 10.5. The van der Waals surface area contributed by atoms with Crippen molar-refractivity contribution in [2.45, 2.75) is 13.0 Å². The van der Waals surface area contributed by atoms with Gasteiger partial charge in [0.25, 0.3) is 5.56 Å². The first-order valence-corrected chi connectivity index (χ1v) is 6.22. The number of aromatic nitrogens is 2. The Morgan fingerprint density at radius 2 is 2.40 bits per heavy atom. The van der Waals surface area contributed by atoms with Gasteiger partial charge in [-0.2, -0.15) is 11.3 Å². The highest BCUT2D eigenvalue weighted by atomic mass is 79.9. The van der Waals surface area contributed by atoms with Gasteiger partial charge in [0, 0.05) is 12.7 Å². The highest BCUT2D eigenvalue weighted by Gasteiger charge is 2.01. The fraction of sp³-hybridized carbons (Fsp3) is 0.200.